The van der Waals surface area contributed by atoms with Gasteiger partial charge in [-0.25, -0.2) is 0 Å². The van der Waals surface area contributed by atoms with Crippen molar-refractivity contribution in [1.29, 1.82) is 0 Å². The lowest BCUT2D eigenvalue weighted by Gasteiger charge is -2.37. The molecular weight excluding hydrogens is 216 g/mol. The maximum absolute atomic E-state index is 11.3. The molecule has 1 rings (SSSR count). The van der Waals surface area contributed by atoms with E-state index in [9.17, 15) is 4.79 Å². The number of rotatable bonds is 6. The molecule has 0 aromatic carbocycles. The molecule has 100 valence electrons. The van der Waals surface area contributed by atoms with E-state index in [0.717, 1.165) is 43.6 Å². The first-order valence-electron chi connectivity index (χ1n) is 6.82. The zero-order chi connectivity index (χ0) is 12.7. The van der Waals surface area contributed by atoms with Crippen LogP contribution in [0.3, 0.4) is 0 Å². The van der Waals surface area contributed by atoms with Crippen LogP contribution < -0.4 is 5.32 Å². The zero-order valence-corrected chi connectivity index (χ0v) is 11.5. The summed E-state index contributed by atoms with van der Waals surface area (Å²) in [6.45, 7) is 12.3. The van der Waals surface area contributed by atoms with Gasteiger partial charge >= 0.3 is 5.97 Å². The van der Waals surface area contributed by atoms with Crippen LogP contribution in [-0.4, -0.2) is 55.8 Å². The van der Waals surface area contributed by atoms with Crippen LogP contribution in [0.5, 0.6) is 0 Å². The van der Waals surface area contributed by atoms with Gasteiger partial charge in [0.2, 0.25) is 0 Å². The third-order valence-corrected chi connectivity index (χ3v) is 3.46. The van der Waals surface area contributed by atoms with Crippen molar-refractivity contribution >= 4 is 5.97 Å². The van der Waals surface area contributed by atoms with Crippen molar-refractivity contribution in [3.8, 4) is 0 Å². The van der Waals surface area contributed by atoms with Crippen molar-refractivity contribution in [3.05, 3.63) is 0 Å². The molecule has 4 nitrogen and oxygen atoms in total. The molecule has 0 spiro atoms. The highest BCUT2D eigenvalue weighted by molar-refractivity contribution is 5.69. The van der Waals surface area contributed by atoms with Crippen LogP contribution in [-0.2, 0) is 9.53 Å². The number of quaternary nitrogens is 1. The van der Waals surface area contributed by atoms with Gasteiger partial charge in [-0.15, -0.1) is 0 Å². The van der Waals surface area contributed by atoms with Crippen LogP contribution in [0.4, 0.5) is 0 Å². The quantitative estimate of drug-likeness (QED) is 0.562. The average Bonchev–Trinajstić information content (AvgIpc) is 2.42. The molecule has 1 N–H and O–H groups in total. The van der Waals surface area contributed by atoms with E-state index >= 15 is 0 Å². The normalized spacial score (nSPS) is 25.8. The summed E-state index contributed by atoms with van der Waals surface area (Å²) in [4.78, 5) is 11.3. The predicted octanol–water partition coefficient (Wildman–Crippen LogP) is 1.16. The predicted molar refractivity (Wildman–Crippen MR) is 68.7 cm³/mol. The number of cyclic esters (lactones) is 1. The standard InChI is InChI=1S/C13H27N2O2/c1-4-7-15(9-6-14-12(2)3)8-5-13(16)17-11-10-15/h12,14H,4-11H2,1-3H3/q+1. The fraction of sp³-hybridized carbons (Fsp3) is 0.923. The van der Waals surface area contributed by atoms with Crippen molar-refractivity contribution in [2.75, 3.05) is 39.3 Å². The summed E-state index contributed by atoms with van der Waals surface area (Å²) >= 11 is 0. The Morgan fingerprint density at radius 1 is 1.35 bits per heavy atom. The molecule has 1 heterocycles. The van der Waals surface area contributed by atoms with E-state index in [0.29, 0.717) is 19.1 Å². The van der Waals surface area contributed by atoms with Gasteiger partial charge in [0.25, 0.3) is 0 Å². The average molecular weight is 243 g/mol. The van der Waals surface area contributed by atoms with Gasteiger partial charge in [-0.1, -0.05) is 20.8 Å². The first-order chi connectivity index (χ1) is 8.08. The van der Waals surface area contributed by atoms with E-state index in [-0.39, 0.29) is 5.97 Å². The summed E-state index contributed by atoms with van der Waals surface area (Å²) in [5, 5.41) is 3.47. The van der Waals surface area contributed by atoms with Crippen molar-refractivity contribution in [2.24, 2.45) is 0 Å². The number of hydrogen-bond donors (Lipinski definition) is 1. The molecule has 1 aliphatic heterocycles. The van der Waals surface area contributed by atoms with E-state index in [4.69, 9.17) is 4.74 Å². The SMILES string of the molecule is CCC[N+]1(CCNC(C)C)CCOC(=O)CC1. The molecular formula is C13H27N2O2+. The molecule has 1 atom stereocenters. The molecule has 17 heavy (non-hydrogen) atoms. The van der Waals surface area contributed by atoms with Crippen molar-refractivity contribution in [2.45, 2.75) is 39.7 Å². The Hall–Kier alpha value is -0.610. The molecule has 1 aliphatic rings. The Balaban J connectivity index is 2.51. The number of nitrogens with zero attached hydrogens (tertiary/aromatic N) is 1. The summed E-state index contributed by atoms with van der Waals surface area (Å²) < 4.78 is 6.19. The molecule has 0 amide bonds. The lowest BCUT2D eigenvalue weighted by molar-refractivity contribution is -0.925. The molecule has 1 fully saturated rings. The Bertz CT molecular complexity index is 244. The van der Waals surface area contributed by atoms with Gasteiger partial charge < -0.3 is 14.5 Å². The summed E-state index contributed by atoms with van der Waals surface area (Å²) in [5.41, 5.74) is 0. The molecule has 0 aromatic heterocycles. The van der Waals surface area contributed by atoms with Crippen molar-refractivity contribution < 1.29 is 14.0 Å². The van der Waals surface area contributed by atoms with Crippen LogP contribution in [0.2, 0.25) is 0 Å². The van der Waals surface area contributed by atoms with E-state index < -0.39 is 0 Å². The number of carbonyl (C=O) groups excluding carboxylic acids is 1. The van der Waals surface area contributed by atoms with Gasteiger partial charge in [0.15, 0.2) is 0 Å². The Kier molecular flexibility index (Phi) is 5.92. The molecule has 4 heteroatoms. The number of esters is 1. The van der Waals surface area contributed by atoms with Gasteiger partial charge in [-0.2, -0.15) is 0 Å². The van der Waals surface area contributed by atoms with E-state index in [1.807, 2.05) is 0 Å². The smallest absolute Gasteiger partial charge is 0.311 e. The monoisotopic (exact) mass is 243 g/mol. The number of nitrogens with one attached hydrogen (secondary N) is 1. The first-order valence-corrected chi connectivity index (χ1v) is 6.82. The minimum Gasteiger partial charge on any atom is -0.460 e. The van der Waals surface area contributed by atoms with E-state index in [2.05, 4.69) is 26.1 Å². The van der Waals surface area contributed by atoms with Crippen molar-refractivity contribution in [3.63, 3.8) is 0 Å². The molecule has 1 saturated heterocycles. The van der Waals surface area contributed by atoms with Gasteiger partial charge in [-0.3, -0.25) is 4.79 Å². The minimum absolute atomic E-state index is 0.0297. The second-order valence-electron chi connectivity index (χ2n) is 5.32. The third kappa shape index (κ3) is 5.04. The van der Waals surface area contributed by atoms with Crippen LogP contribution in [0.15, 0.2) is 0 Å². The van der Waals surface area contributed by atoms with Crippen LogP contribution in [0, 0.1) is 0 Å². The number of hydrogen-bond acceptors (Lipinski definition) is 3. The highest BCUT2D eigenvalue weighted by Gasteiger charge is 2.30. The largest absolute Gasteiger partial charge is 0.460 e. The molecule has 0 bridgehead atoms. The molecule has 0 aliphatic carbocycles. The highest BCUT2D eigenvalue weighted by Crippen LogP contribution is 2.13. The number of carbonyl (C=O) groups is 1. The Morgan fingerprint density at radius 3 is 2.76 bits per heavy atom. The van der Waals surface area contributed by atoms with Gasteiger partial charge in [0.05, 0.1) is 26.1 Å². The van der Waals surface area contributed by atoms with E-state index in [1.54, 1.807) is 0 Å². The fourth-order valence-electron chi connectivity index (χ4n) is 2.49. The minimum atomic E-state index is -0.0297. The summed E-state index contributed by atoms with van der Waals surface area (Å²) in [7, 11) is 0. The van der Waals surface area contributed by atoms with Crippen LogP contribution >= 0.6 is 0 Å². The summed E-state index contributed by atoms with van der Waals surface area (Å²) in [6.07, 6.45) is 1.73. The fourth-order valence-corrected chi connectivity index (χ4v) is 2.49. The maximum Gasteiger partial charge on any atom is 0.311 e. The maximum atomic E-state index is 11.3. The van der Waals surface area contributed by atoms with Crippen LogP contribution in [0.25, 0.3) is 0 Å². The Labute approximate surface area is 105 Å². The molecule has 1 unspecified atom stereocenters. The Morgan fingerprint density at radius 2 is 2.12 bits per heavy atom. The molecule has 0 saturated carbocycles. The second-order valence-corrected chi connectivity index (χ2v) is 5.32. The van der Waals surface area contributed by atoms with E-state index in [1.165, 1.54) is 0 Å². The zero-order valence-electron chi connectivity index (χ0n) is 11.5. The molecule has 0 aromatic rings. The topological polar surface area (TPSA) is 38.3 Å². The number of ether oxygens (including phenoxy) is 1. The lowest BCUT2D eigenvalue weighted by atomic mass is 10.2. The lowest BCUT2D eigenvalue weighted by Crippen LogP contribution is -2.53. The van der Waals surface area contributed by atoms with Gasteiger partial charge in [0, 0.05) is 12.6 Å². The third-order valence-electron chi connectivity index (χ3n) is 3.46. The van der Waals surface area contributed by atoms with Gasteiger partial charge in [0.1, 0.15) is 13.2 Å². The van der Waals surface area contributed by atoms with Crippen molar-refractivity contribution in [1.82, 2.24) is 5.32 Å². The van der Waals surface area contributed by atoms with Crippen LogP contribution in [0.1, 0.15) is 33.6 Å². The summed E-state index contributed by atoms with van der Waals surface area (Å²) in [6, 6.07) is 0.529. The second kappa shape index (κ2) is 6.97. The molecule has 0 radical (unpaired) electrons. The first kappa shape index (κ1) is 14.5. The highest BCUT2D eigenvalue weighted by atomic mass is 16.5. The van der Waals surface area contributed by atoms with Gasteiger partial charge in [-0.05, 0) is 6.42 Å². The summed E-state index contributed by atoms with van der Waals surface area (Å²) in [5.74, 6) is -0.0297.